The van der Waals surface area contributed by atoms with E-state index in [-0.39, 0.29) is 11.5 Å². The average molecular weight is 407 g/mol. The van der Waals surface area contributed by atoms with Crippen molar-refractivity contribution in [3.63, 3.8) is 0 Å². The highest BCUT2D eigenvalue weighted by atomic mass is 32.1. The molecular formula is C18H29F3N4OS. The fourth-order valence-electron chi connectivity index (χ4n) is 3.30. The summed E-state index contributed by atoms with van der Waals surface area (Å²) in [6.07, 6.45) is -1.63. The lowest BCUT2D eigenvalue weighted by Crippen LogP contribution is -2.47. The van der Waals surface area contributed by atoms with Gasteiger partial charge in [-0.25, -0.2) is 4.98 Å². The summed E-state index contributed by atoms with van der Waals surface area (Å²) in [7, 11) is 1.68. The molecule has 2 heterocycles. The van der Waals surface area contributed by atoms with E-state index in [2.05, 4.69) is 41.4 Å². The molecule has 0 saturated carbocycles. The maximum Gasteiger partial charge on any atom is 0.434 e. The minimum Gasteiger partial charge on any atom is -0.377 e. The van der Waals surface area contributed by atoms with Crippen LogP contribution in [-0.4, -0.2) is 43.8 Å². The lowest BCUT2D eigenvalue weighted by Gasteiger charge is -2.40. The number of hydrogen-bond acceptors (Lipinski definition) is 4. The van der Waals surface area contributed by atoms with Gasteiger partial charge in [-0.2, -0.15) is 13.2 Å². The van der Waals surface area contributed by atoms with E-state index in [9.17, 15) is 13.2 Å². The number of thiazole rings is 1. The van der Waals surface area contributed by atoms with Crippen molar-refractivity contribution in [3.8, 4) is 0 Å². The molecule has 2 rings (SSSR count). The van der Waals surface area contributed by atoms with Crippen LogP contribution in [0, 0.1) is 11.3 Å². The molecule has 2 N–H and O–H groups in total. The summed E-state index contributed by atoms with van der Waals surface area (Å²) < 4.78 is 43.8. The van der Waals surface area contributed by atoms with Gasteiger partial charge < -0.3 is 15.4 Å². The molecule has 154 valence electrons. The van der Waals surface area contributed by atoms with E-state index < -0.39 is 11.9 Å². The van der Waals surface area contributed by atoms with E-state index in [4.69, 9.17) is 4.74 Å². The highest BCUT2D eigenvalue weighted by Gasteiger charge is 2.35. The second-order valence-electron chi connectivity index (χ2n) is 7.81. The summed E-state index contributed by atoms with van der Waals surface area (Å²) in [5.74, 6) is 1.03. The van der Waals surface area contributed by atoms with Crippen molar-refractivity contribution in [1.29, 1.82) is 0 Å². The van der Waals surface area contributed by atoms with Crippen molar-refractivity contribution < 1.29 is 17.9 Å². The number of guanidine groups is 1. The quantitative estimate of drug-likeness (QED) is 0.578. The van der Waals surface area contributed by atoms with E-state index in [1.54, 1.807) is 7.05 Å². The maximum atomic E-state index is 12.6. The molecule has 27 heavy (non-hydrogen) atoms. The lowest BCUT2D eigenvalue weighted by molar-refractivity contribution is -0.140. The molecule has 1 aromatic rings. The van der Waals surface area contributed by atoms with Gasteiger partial charge in [0.05, 0.1) is 11.1 Å². The van der Waals surface area contributed by atoms with Crippen LogP contribution in [0.15, 0.2) is 10.4 Å². The highest BCUT2D eigenvalue weighted by molar-refractivity contribution is 7.09. The smallest absolute Gasteiger partial charge is 0.377 e. The van der Waals surface area contributed by atoms with E-state index in [1.165, 1.54) is 0 Å². The summed E-state index contributed by atoms with van der Waals surface area (Å²) >= 11 is 1.03. The SMILES string of the molecule is CN=C(NCCc1nc(C(F)(F)F)cs1)NCC1CCCOC1C(C)(C)C. The Morgan fingerprint density at radius 2 is 2.07 bits per heavy atom. The molecule has 1 aromatic heterocycles. The van der Waals surface area contributed by atoms with Gasteiger partial charge in [0.1, 0.15) is 0 Å². The Hall–Kier alpha value is -1.35. The Morgan fingerprint density at radius 3 is 2.67 bits per heavy atom. The van der Waals surface area contributed by atoms with Gasteiger partial charge in [0.25, 0.3) is 0 Å². The largest absolute Gasteiger partial charge is 0.434 e. The average Bonchev–Trinajstić information content (AvgIpc) is 3.06. The van der Waals surface area contributed by atoms with Crippen molar-refractivity contribution in [2.45, 2.75) is 52.3 Å². The van der Waals surface area contributed by atoms with Crippen molar-refractivity contribution in [1.82, 2.24) is 15.6 Å². The van der Waals surface area contributed by atoms with Crippen LogP contribution in [0.5, 0.6) is 0 Å². The zero-order valence-corrected chi connectivity index (χ0v) is 17.1. The van der Waals surface area contributed by atoms with Crippen LogP contribution in [0.4, 0.5) is 13.2 Å². The van der Waals surface area contributed by atoms with Gasteiger partial charge in [-0.05, 0) is 18.3 Å². The number of nitrogens with one attached hydrogen (secondary N) is 2. The van der Waals surface area contributed by atoms with Gasteiger partial charge in [0.2, 0.25) is 0 Å². The molecule has 0 bridgehead atoms. The molecule has 1 aliphatic rings. The number of hydrogen-bond donors (Lipinski definition) is 2. The summed E-state index contributed by atoms with van der Waals surface area (Å²) in [5.41, 5.74) is -0.749. The molecule has 0 spiro atoms. The molecule has 1 fully saturated rings. The zero-order valence-electron chi connectivity index (χ0n) is 16.3. The molecule has 0 amide bonds. The molecule has 1 aliphatic heterocycles. The number of aliphatic imine (C=N–C) groups is 1. The van der Waals surface area contributed by atoms with Crippen molar-refractivity contribution in [2.24, 2.45) is 16.3 Å². The summed E-state index contributed by atoms with van der Waals surface area (Å²) in [6.45, 7) is 8.58. The molecular weight excluding hydrogens is 377 g/mol. The highest BCUT2D eigenvalue weighted by Crippen LogP contribution is 2.33. The van der Waals surface area contributed by atoms with Crippen LogP contribution < -0.4 is 10.6 Å². The molecule has 0 radical (unpaired) electrons. The van der Waals surface area contributed by atoms with Gasteiger partial charge >= 0.3 is 6.18 Å². The first-order valence-corrected chi connectivity index (χ1v) is 10.1. The fraction of sp³-hybridized carbons (Fsp3) is 0.778. The first kappa shape index (κ1) is 21.9. The van der Waals surface area contributed by atoms with Crippen LogP contribution in [-0.2, 0) is 17.3 Å². The Bertz CT molecular complexity index is 625. The molecule has 9 heteroatoms. The summed E-state index contributed by atoms with van der Waals surface area (Å²) in [4.78, 5) is 7.83. The topological polar surface area (TPSA) is 58.5 Å². The first-order chi connectivity index (χ1) is 12.6. The first-order valence-electron chi connectivity index (χ1n) is 9.19. The zero-order chi connectivity index (χ0) is 20.1. The molecule has 1 saturated heterocycles. The fourth-order valence-corrected chi connectivity index (χ4v) is 4.11. The van der Waals surface area contributed by atoms with E-state index in [1.807, 2.05) is 0 Å². The van der Waals surface area contributed by atoms with Crippen LogP contribution in [0.25, 0.3) is 0 Å². The molecule has 5 nitrogen and oxygen atoms in total. The van der Waals surface area contributed by atoms with E-state index >= 15 is 0 Å². The lowest BCUT2D eigenvalue weighted by atomic mass is 9.78. The molecule has 0 aliphatic carbocycles. The van der Waals surface area contributed by atoms with Crippen molar-refractivity contribution in [2.75, 3.05) is 26.7 Å². The summed E-state index contributed by atoms with van der Waals surface area (Å²) in [5, 5.41) is 7.97. The van der Waals surface area contributed by atoms with Gasteiger partial charge in [-0.3, -0.25) is 4.99 Å². The van der Waals surface area contributed by atoms with Crippen molar-refractivity contribution >= 4 is 17.3 Å². The van der Waals surface area contributed by atoms with Crippen molar-refractivity contribution in [3.05, 3.63) is 16.1 Å². The van der Waals surface area contributed by atoms with Crippen LogP contribution in [0.1, 0.15) is 44.3 Å². The van der Waals surface area contributed by atoms with Gasteiger partial charge in [0, 0.05) is 44.5 Å². The number of aromatic nitrogens is 1. The predicted molar refractivity (Wildman–Crippen MR) is 102 cm³/mol. The van der Waals surface area contributed by atoms with E-state index in [0.717, 1.165) is 42.7 Å². The molecule has 2 unspecified atom stereocenters. The maximum absolute atomic E-state index is 12.6. The normalized spacial score (nSPS) is 22.0. The summed E-state index contributed by atoms with van der Waals surface area (Å²) in [6, 6.07) is 0. The van der Waals surface area contributed by atoms with Gasteiger partial charge in [0.15, 0.2) is 11.7 Å². The predicted octanol–water partition coefficient (Wildman–Crippen LogP) is 3.71. The number of ether oxygens (including phenoxy) is 1. The molecule has 2 atom stereocenters. The Labute approximate surface area is 162 Å². The van der Waals surface area contributed by atoms with Gasteiger partial charge in [-0.15, -0.1) is 11.3 Å². The second-order valence-corrected chi connectivity index (χ2v) is 8.76. The Kier molecular flexibility index (Phi) is 7.50. The number of alkyl halides is 3. The standard InChI is InChI=1S/C18H29F3N4OS/c1-17(2,3)15-12(6-5-9-26-15)10-24-16(22-4)23-8-7-14-25-13(11-27-14)18(19,20)21/h11-12,15H,5-10H2,1-4H3,(H2,22,23,24). The second kappa shape index (κ2) is 9.23. The monoisotopic (exact) mass is 406 g/mol. The van der Waals surface area contributed by atoms with Crippen LogP contribution in [0.2, 0.25) is 0 Å². The number of rotatable bonds is 5. The third-order valence-electron chi connectivity index (χ3n) is 4.53. The number of nitrogens with zero attached hydrogens (tertiary/aromatic N) is 2. The van der Waals surface area contributed by atoms with Crippen LogP contribution in [0.3, 0.4) is 0 Å². The minimum absolute atomic E-state index is 0.0742. The Balaban J connectivity index is 1.79. The van der Waals surface area contributed by atoms with E-state index in [0.29, 0.717) is 29.9 Å². The minimum atomic E-state index is -4.38. The third kappa shape index (κ3) is 6.64. The van der Waals surface area contributed by atoms with Gasteiger partial charge in [-0.1, -0.05) is 20.8 Å². The van der Waals surface area contributed by atoms with Crippen LogP contribution >= 0.6 is 11.3 Å². The Morgan fingerprint density at radius 1 is 1.33 bits per heavy atom. The number of halogens is 3. The molecule has 0 aromatic carbocycles. The third-order valence-corrected chi connectivity index (χ3v) is 5.44.